The van der Waals surface area contributed by atoms with Gasteiger partial charge in [0.15, 0.2) is 0 Å². The van der Waals surface area contributed by atoms with E-state index in [-0.39, 0.29) is 3.18 Å². The first-order valence-electron chi connectivity index (χ1n) is 6.43. The normalized spacial score (nSPS) is 10.2. The Morgan fingerprint density at radius 2 is 0.667 bits per heavy atom. The molecule has 0 aromatic heterocycles. The van der Waals surface area contributed by atoms with Crippen LogP contribution in [-0.4, -0.2) is 27.4 Å². The predicted octanol–water partition coefficient (Wildman–Crippen LogP) is 4.94. The van der Waals surface area contributed by atoms with Crippen molar-refractivity contribution in [3.05, 3.63) is 0 Å². The maximum atomic E-state index is 3.31. The van der Waals surface area contributed by atoms with Gasteiger partial charge in [-0.25, -0.2) is 0 Å². The quantitative estimate of drug-likeness (QED) is 0.590. The van der Waals surface area contributed by atoms with Crippen molar-refractivity contribution in [2.45, 2.75) is 79.6 Å². The molecule has 0 amide bonds. The smallest absolute Gasteiger partial charge is 0.312 e. The lowest BCUT2D eigenvalue weighted by Crippen LogP contribution is -2.29. The van der Waals surface area contributed by atoms with Gasteiger partial charge in [-0.3, -0.25) is 0 Å². The summed E-state index contributed by atoms with van der Waals surface area (Å²) in [5.41, 5.74) is 0. The molecule has 0 rings (SSSR count). The molecule has 0 unspecified atom stereocenters. The van der Waals surface area contributed by atoms with Gasteiger partial charge in [0.2, 0.25) is 0 Å². The second kappa shape index (κ2) is 16.5. The van der Waals surface area contributed by atoms with Crippen molar-refractivity contribution in [1.82, 2.24) is 10.6 Å². The molecular weight excluding hydrogens is 423 g/mol. The first-order chi connectivity index (χ1) is 7.98. The minimum atomic E-state index is 0.271. The Labute approximate surface area is 140 Å². The van der Waals surface area contributed by atoms with Gasteiger partial charge < -0.3 is 10.6 Å². The topological polar surface area (TPSA) is 24.1 Å². The van der Waals surface area contributed by atoms with E-state index in [0.29, 0.717) is 24.2 Å². The molecule has 0 fully saturated rings. The fourth-order valence-electron chi connectivity index (χ4n) is 1.33. The largest absolute Gasteiger partial charge is 0.369 e. The minimum Gasteiger partial charge on any atom is -0.312 e. The molecule has 0 saturated carbocycles. The maximum Gasteiger partial charge on any atom is 0.369 e. The third-order valence-corrected chi connectivity index (χ3v) is 1.33. The second-order valence-corrected chi connectivity index (χ2v) is 11.6. The molecule has 0 saturated heterocycles. The molecule has 0 bridgehead atoms. The van der Waals surface area contributed by atoms with Crippen LogP contribution < -0.4 is 10.6 Å². The maximum absolute atomic E-state index is 3.31. The van der Waals surface area contributed by atoms with E-state index < -0.39 is 0 Å². The van der Waals surface area contributed by atoms with Gasteiger partial charge >= 0.3 is 3.18 Å². The molecule has 0 aromatic carbocycles. The third-order valence-electron chi connectivity index (χ3n) is 1.33. The number of halogens is 3. The summed E-state index contributed by atoms with van der Waals surface area (Å²) in [7, 11) is 0. The van der Waals surface area contributed by atoms with Crippen LogP contribution >= 0.6 is 47.3 Å². The number of hydrogen-bond acceptors (Lipinski definition) is 2. The number of rotatable bonds is 4. The highest BCUT2D eigenvalue weighted by molar-refractivity contribution is 9.69. The fraction of sp³-hybridized carbons (Fsp3) is 1.00. The molecule has 0 aliphatic rings. The van der Waals surface area contributed by atoms with Crippen LogP contribution in [0, 0.1) is 0 Å². The molecule has 0 aliphatic carbocycles. The summed E-state index contributed by atoms with van der Waals surface area (Å²) < 4.78 is 0.271. The van der Waals surface area contributed by atoms with Crippen LogP contribution in [0.1, 0.15) is 55.4 Å². The van der Waals surface area contributed by atoms with Crippen LogP contribution in [0.4, 0.5) is 0 Å². The van der Waals surface area contributed by atoms with Gasteiger partial charge in [-0.05, 0) is 0 Å². The van der Waals surface area contributed by atoms with Crippen molar-refractivity contribution in [2.24, 2.45) is 0 Å². The lowest BCUT2D eigenvalue weighted by Gasteiger charge is -2.10. The summed E-state index contributed by atoms with van der Waals surface area (Å²) in [6, 6.07) is 2.50. The van der Waals surface area contributed by atoms with Gasteiger partial charge in [-0.2, -0.15) is 0 Å². The summed E-state index contributed by atoms with van der Waals surface area (Å²) in [6.07, 6.45) is 0. The summed E-state index contributed by atoms with van der Waals surface area (Å²) in [4.78, 5) is 0. The summed E-state index contributed by atoms with van der Waals surface area (Å²) in [5.74, 6) is 0. The van der Waals surface area contributed by atoms with Gasteiger partial charge in [-0.1, -0.05) is 55.4 Å². The highest BCUT2D eigenvalue weighted by atomic mass is 79.9. The highest BCUT2D eigenvalue weighted by Crippen LogP contribution is 2.07. The van der Waals surface area contributed by atoms with Crippen molar-refractivity contribution < 1.29 is 0 Å². The zero-order chi connectivity index (χ0) is 15.3. The summed E-state index contributed by atoms with van der Waals surface area (Å²) in [5, 5.41) is 6.61. The fourth-order valence-corrected chi connectivity index (χ4v) is 1.33. The Kier molecular flexibility index (Phi) is 22.4. The molecule has 0 heterocycles. The monoisotopic (exact) mass is 450 g/mol. The van der Waals surface area contributed by atoms with Crippen molar-refractivity contribution in [3.8, 4) is 0 Å². The summed E-state index contributed by atoms with van der Waals surface area (Å²) >= 11 is 9.31. The molecule has 18 heavy (non-hydrogen) atoms. The minimum absolute atomic E-state index is 0.271. The van der Waals surface area contributed by atoms with Crippen LogP contribution in [0.2, 0.25) is 0 Å². The molecule has 2 nitrogen and oxygen atoms in total. The lowest BCUT2D eigenvalue weighted by molar-refractivity contribution is 0.518. The van der Waals surface area contributed by atoms with Crippen LogP contribution in [0.3, 0.4) is 0 Å². The van der Waals surface area contributed by atoms with E-state index in [1.807, 2.05) is 0 Å². The van der Waals surface area contributed by atoms with Crippen LogP contribution in [0.15, 0.2) is 0 Å². The standard InChI is InChI=1S/2C6H15N.BBr3/c2*1-5(2)7-6(3)4;2-1(3)4/h2*5-7H,1-4H3;. The predicted molar refractivity (Wildman–Crippen MR) is 99.4 cm³/mol. The van der Waals surface area contributed by atoms with Crippen molar-refractivity contribution >= 4 is 50.5 Å². The second-order valence-electron chi connectivity index (χ2n) is 5.20. The lowest BCUT2D eigenvalue weighted by atomic mass is 10.3. The SMILES string of the molecule is BrB(Br)Br.CC(C)NC(C)C.CC(C)NC(C)C. The average molecular weight is 453 g/mol. The van der Waals surface area contributed by atoms with Gasteiger partial charge in [0, 0.05) is 24.2 Å². The molecule has 112 valence electrons. The number of hydrogen-bond donors (Lipinski definition) is 2. The van der Waals surface area contributed by atoms with Crippen LogP contribution in [-0.2, 0) is 0 Å². The first-order valence-corrected chi connectivity index (χ1v) is 9.18. The molecule has 0 atom stereocenters. The Balaban J connectivity index is -0.000000196. The highest BCUT2D eigenvalue weighted by Gasteiger charge is 1.93. The molecule has 6 heteroatoms. The Bertz CT molecular complexity index is 126. The van der Waals surface area contributed by atoms with Crippen LogP contribution in [0.25, 0.3) is 0 Å². The van der Waals surface area contributed by atoms with E-state index in [4.69, 9.17) is 0 Å². The Morgan fingerprint density at radius 3 is 0.667 bits per heavy atom. The van der Waals surface area contributed by atoms with E-state index in [2.05, 4.69) is 113 Å². The molecular formula is C12H30BBr3N2. The van der Waals surface area contributed by atoms with E-state index >= 15 is 0 Å². The molecule has 2 N–H and O–H groups in total. The average Bonchev–Trinajstić information content (AvgIpc) is 1.96. The zero-order valence-corrected chi connectivity index (χ0v) is 17.8. The van der Waals surface area contributed by atoms with Gasteiger partial charge in [0.25, 0.3) is 0 Å². The third kappa shape index (κ3) is 52.9. The first kappa shape index (κ1) is 24.4. The van der Waals surface area contributed by atoms with E-state index in [1.54, 1.807) is 0 Å². The molecule has 0 aliphatic heterocycles. The van der Waals surface area contributed by atoms with Gasteiger partial charge in [-0.15, -0.1) is 47.3 Å². The Morgan fingerprint density at radius 1 is 0.556 bits per heavy atom. The van der Waals surface area contributed by atoms with Gasteiger partial charge in [0.05, 0.1) is 0 Å². The van der Waals surface area contributed by atoms with E-state index in [9.17, 15) is 0 Å². The molecule has 0 radical (unpaired) electrons. The zero-order valence-electron chi connectivity index (χ0n) is 13.0. The van der Waals surface area contributed by atoms with E-state index in [1.165, 1.54) is 0 Å². The van der Waals surface area contributed by atoms with Crippen molar-refractivity contribution in [2.75, 3.05) is 0 Å². The van der Waals surface area contributed by atoms with Crippen molar-refractivity contribution in [3.63, 3.8) is 0 Å². The van der Waals surface area contributed by atoms with Gasteiger partial charge in [0.1, 0.15) is 0 Å². The number of nitrogens with one attached hydrogen (secondary N) is 2. The Hall–Kier alpha value is 1.42. The molecule has 0 spiro atoms. The van der Waals surface area contributed by atoms with Crippen molar-refractivity contribution in [1.29, 1.82) is 0 Å². The van der Waals surface area contributed by atoms with Crippen LogP contribution in [0.5, 0.6) is 0 Å². The van der Waals surface area contributed by atoms with E-state index in [0.717, 1.165) is 0 Å². The summed E-state index contributed by atoms with van der Waals surface area (Å²) in [6.45, 7) is 17.2. The molecule has 0 aromatic rings.